The number of nitrogens with one attached hydrogen (secondary N) is 2. The number of hydrogen-bond donors (Lipinski definition) is 2. The molecule has 1 rings (SSSR count). The molecule has 0 saturated heterocycles. The summed E-state index contributed by atoms with van der Waals surface area (Å²) in [5.74, 6) is 0. The first-order valence-electron chi connectivity index (χ1n) is 5.04. The fourth-order valence-electron chi connectivity index (χ4n) is 1.06. The first-order valence-corrected chi connectivity index (χ1v) is 6.24. The summed E-state index contributed by atoms with van der Waals surface area (Å²) in [6.07, 6.45) is 1.70. The highest BCUT2D eigenvalue weighted by Gasteiger charge is 1.92. The topological polar surface area (TPSA) is 45.6 Å². The van der Waals surface area contributed by atoms with Crippen molar-refractivity contribution in [2.45, 2.75) is 0 Å². The molecule has 0 atom stereocenters. The number of nitrogens with zero attached hydrogens (tertiary/aromatic N) is 1. The predicted octanol–water partition coefficient (Wildman–Crippen LogP) is 1.89. The molecule has 4 nitrogen and oxygen atoms in total. The van der Waals surface area contributed by atoms with Crippen LogP contribution in [0.3, 0.4) is 0 Å². The van der Waals surface area contributed by atoms with Gasteiger partial charge in [0, 0.05) is 18.1 Å². The molecule has 0 fully saturated rings. The highest BCUT2D eigenvalue weighted by atomic mass is 79.9. The van der Waals surface area contributed by atoms with Gasteiger partial charge in [0.15, 0.2) is 5.11 Å². The first kappa shape index (κ1) is 14.1. The average Bonchev–Trinajstić information content (AvgIpc) is 2.29. The van der Waals surface area contributed by atoms with Gasteiger partial charge in [0.2, 0.25) is 0 Å². The fraction of sp³-hybridized carbons (Fsp3) is 0.273. The van der Waals surface area contributed by atoms with Gasteiger partial charge >= 0.3 is 0 Å². The molecule has 92 valence electrons. The lowest BCUT2D eigenvalue weighted by Crippen LogP contribution is -2.34. The maximum atomic E-state index is 5.01. The van der Waals surface area contributed by atoms with Crippen LogP contribution in [0.1, 0.15) is 5.56 Å². The van der Waals surface area contributed by atoms with E-state index in [4.69, 9.17) is 17.0 Å². The van der Waals surface area contributed by atoms with Crippen LogP contribution >= 0.6 is 28.1 Å². The number of hydrazone groups is 1. The van der Waals surface area contributed by atoms with Gasteiger partial charge in [0.1, 0.15) is 0 Å². The lowest BCUT2D eigenvalue weighted by molar-refractivity contribution is 0.204. The molecule has 0 heterocycles. The fourth-order valence-corrected chi connectivity index (χ4v) is 1.63. The summed E-state index contributed by atoms with van der Waals surface area (Å²) < 4.78 is 5.90. The van der Waals surface area contributed by atoms with E-state index in [0.29, 0.717) is 18.3 Å². The van der Waals surface area contributed by atoms with Crippen molar-refractivity contribution in [3.8, 4) is 0 Å². The third-order valence-corrected chi connectivity index (χ3v) is 2.55. The largest absolute Gasteiger partial charge is 0.383 e. The molecule has 0 bridgehead atoms. The van der Waals surface area contributed by atoms with Gasteiger partial charge in [-0.1, -0.05) is 28.1 Å². The first-order chi connectivity index (χ1) is 8.22. The lowest BCUT2D eigenvalue weighted by atomic mass is 10.2. The maximum Gasteiger partial charge on any atom is 0.187 e. The van der Waals surface area contributed by atoms with Crippen molar-refractivity contribution in [1.29, 1.82) is 0 Å². The molecule has 1 aromatic carbocycles. The van der Waals surface area contributed by atoms with Gasteiger partial charge in [0.25, 0.3) is 0 Å². The number of methoxy groups -OCH3 is 1. The van der Waals surface area contributed by atoms with Crippen LogP contribution in [0, 0.1) is 0 Å². The Labute approximate surface area is 115 Å². The van der Waals surface area contributed by atoms with E-state index in [1.165, 1.54) is 0 Å². The van der Waals surface area contributed by atoms with E-state index >= 15 is 0 Å². The highest BCUT2D eigenvalue weighted by molar-refractivity contribution is 9.10. The molecule has 0 radical (unpaired) electrons. The Morgan fingerprint density at radius 2 is 2.41 bits per heavy atom. The molecule has 0 spiro atoms. The zero-order valence-electron chi connectivity index (χ0n) is 9.44. The van der Waals surface area contributed by atoms with Crippen LogP contribution < -0.4 is 10.7 Å². The Hall–Kier alpha value is -0.980. The molecule has 0 aliphatic carbocycles. The lowest BCUT2D eigenvalue weighted by Gasteiger charge is -2.05. The van der Waals surface area contributed by atoms with E-state index < -0.39 is 0 Å². The molecule has 17 heavy (non-hydrogen) atoms. The number of benzene rings is 1. The van der Waals surface area contributed by atoms with Crippen molar-refractivity contribution >= 4 is 39.5 Å². The Morgan fingerprint density at radius 1 is 1.59 bits per heavy atom. The molecule has 1 aromatic rings. The highest BCUT2D eigenvalue weighted by Crippen LogP contribution is 2.09. The van der Waals surface area contributed by atoms with Gasteiger partial charge < -0.3 is 10.1 Å². The Balaban J connectivity index is 2.32. The third kappa shape index (κ3) is 6.35. The number of halogens is 1. The molecular formula is C11H14BrN3OS. The summed E-state index contributed by atoms with van der Waals surface area (Å²) in [6, 6.07) is 7.83. The molecule has 0 unspecified atom stereocenters. The second-order valence-corrected chi connectivity index (χ2v) is 4.50. The number of rotatable bonds is 5. The second kappa shape index (κ2) is 8.16. The summed E-state index contributed by atoms with van der Waals surface area (Å²) in [5, 5.41) is 7.45. The van der Waals surface area contributed by atoms with Crippen LogP contribution in [-0.2, 0) is 4.74 Å². The average molecular weight is 316 g/mol. The second-order valence-electron chi connectivity index (χ2n) is 3.17. The van der Waals surface area contributed by atoms with E-state index in [1.807, 2.05) is 24.3 Å². The predicted molar refractivity (Wildman–Crippen MR) is 77.3 cm³/mol. The van der Waals surface area contributed by atoms with Gasteiger partial charge in [-0.3, -0.25) is 5.43 Å². The number of ether oxygens (including phenoxy) is 1. The van der Waals surface area contributed by atoms with Gasteiger partial charge in [-0.2, -0.15) is 5.10 Å². The number of thiocarbonyl (C=S) groups is 1. The van der Waals surface area contributed by atoms with Gasteiger partial charge in [-0.25, -0.2) is 0 Å². The monoisotopic (exact) mass is 315 g/mol. The van der Waals surface area contributed by atoms with Crippen LogP contribution in [0.15, 0.2) is 33.8 Å². The Morgan fingerprint density at radius 3 is 3.12 bits per heavy atom. The quantitative estimate of drug-likeness (QED) is 0.377. The minimum atomic E-state index is 0.480. The molecule has 0 saturated carbocycles. The molecular weight excluding hydrogens is 302 g/mol. The van der Waals surface area contributed by atoms with Crippen molar-refractivity contribution in [2.75, 3.05) is 20.3 Å². The molecule has 0 aliphatic heterocycles. The summed E-state index contributed by atoms with van der Waals surface area (Å²) in [7, 11) is 1.64. The summed E-state index contributed by atoms with van der Waals surface area (Å²) in [4.78, 5) is 0. The van der Waals surface area contributed by atoms with Crippen LogP contribution in [-0.4, -0.2) is 31.6 Å². The molecule has 0 amide bonds. The summed E-state index contributed by atoms with van der Waals surface area (Å²) in [6.45, 7) is 1.27. The molecule has 6 heteroatoms. The summed E-state index contributed by atoms with van der Waals surface area (Å²) in [5.41, 5.74) is 3.72. The van der Waals surface area contributed by atoms with Crippen molar-refractivity contribution in [3.63, 3.8) is 0 Å². The third-order valence-electron chi connectivity index (χ3n) is 1.82. The minimum Gasteiger partial charge on any atom is -0.383 e. The zero-order chi connectivity index (χ0) is 12.5. The van der Waals surface area contributed by atoms with Crippen molar-refractivity contribution in [3.05, 3.63) is 34.3 Å². The van der Waals surface area contributed by atoms with E-state index in [-0.39, 0.29) is 0 Å². The Bertz CT molecular complexity index is 398. The van der Waals surface area contributed by atoms with E-state index in [1.54, 1.807) is 13.3 Å². The number of hydrogen-bond acceptors (Lipinski definition) is 3. The Kier molecular flexibility index (Phi) is 6.76. The normalized spacial score (nSPS) is 10.5. The van der Waals surface area contributed by atoms with Crippen molar-refractivity contribution < 1.29 is 4.74 Å². The van der Waals surface area contributed by atoms with Crippen molar-refractivity contribution in [1.82, 2.24) is 10.7 Å². The zero-order valence-corrected chi connectivity index (χ0v) is 11.8. The van der Waals surface area contributed by atoms with E-state index in [0.717, 1.165) is 10.0 Å². The van der Waals surface area contributed by atoms with Gasteiger partial charge in [0.05, 0.1) is 12.8 Å². The van der Waals surface area contributed by atoms with Crippen LogP contribution in [0.5, 0.6) is 0 Å². The maximum absolute atomic E-state index is 5.01. The van der Waals surface area contributed by atoms with Gasteiger partial charge in [-0.05, 0) is 29.9 Å². The smallest absolute Gasteiger partial charge is 0.187 e. The van der Waals surface area contributed by atoms with Crippen LogP contribution in [0.4, 0.5) is 0 Å². The van der Waals surface area contributed by atoms with Crippen molar-refractivity contribution in [2.24, 2.45) is 5.10 Å². The van der Waals surface area contributed by atoms with Crippen LogP contribution in [0.2, 0.25) is 0 Å². The van der Waals surface area contributed by atoms with E-state index in [9.17, 15) is 0 Å². The van der Waals surface area contributed by atoms with Crippen LogP contribution in [0.25, 0.3) is 0 Å². The molecule has 2 N–H and O–H groups in total. The van der Waals surface area contributed by atoms with E-state index in [2.05, 4.69) is 31.8 Å². The standard InChI is InChI=1S/C11H14BrN3OS/c1-16-6-5-13-11(17)15-14-8-9-3-2-4-10(12)7-9/h2-4,7-8H,5-6H2,1H3,(H2,13,15,17)/b14-8-. The molecule has 0 aromatic heterocycles. The van der Waals surface area contributed by atoms with Gasteiger partial charge in [-0.15, -0.1) is 0 Å². The summed E-state index contributed by atoms with van der Waals surface area (Å²) >= 11 is 8.40. The minimum absolute atomic E-state index is 0.480. The SMILES string of the molecule is COCCNC(=S)N/N=C\c1cccc(Br)c1. The molecule has 0 aliphatic rings.